The minimum absolute atomic E-state index is 0.0873. The van der Waals surface area contributed by atoms with Gasteiger partial charge < -0.3 is 14.4 Å². The molecule has 0 bridgehead atoms. The lowest BCUT2D eigenvalue weighted by Gasteiger charge is -2.33. The van der Waals surface area contributed by atoms with Gasteiger partial charge in [0.25, 0.3) is 5.91 Å². The van der Waals surface area contributed by atoms with E-state index in [1.54, 1.807) is 13.2 Å². The molecule has 0 aromatic heterocycles. The van der Waals surface area contributed by atoms with Gasteiger partial charge in [0.05, 0.1) is 13.7 Å². The zero-order valence-electron chi connectivity index (χ0n) is 14.8. The van der Waals surface area contributed by atoms with Crippen LogP contribution >= 0.6 is 0 Å². The number of nitrogens with zero attached hydrogens (tertiary/aromatic N) is 1. The summed E-state index contributed by atoms with van der Waals surface area (Å²) >= 11 is 0. The number of amides is 1. The first-order valence-corrected chi connectivity index (χ1v) is 8.64. The van der Waals surface area contributed by atoms with Gasteiger partial charge in [0.15, 0.2) is 11.5 Å². The SMILES string of the molecule is COc1cc(C(=O)N2CCCCC2C)ccc1OCCC(C)C. The average molecular weight is 319 g/mol. The molecule has 1 aromatic carbocycles. The number of benzene rings is 1. The highest BCUT2D eigenvalue weighted by molar-refractivity contribution is 5.95. The molecule has 1 amide bonds. The van der Waals surface area contributed by atoms with Gasteiger partial charge in [0, 0.05) is 18.2 Å². The van der Waals surface area contributed by atoms with E-state index in [1.807, 2.05) is 17.0 Å². The maximum absolute atomic E-state index is 12.7. The summed E-state index contributed by atoms with van der Waals surface area (Å²) in [6.07, 6.45) is 4.37. The van der Waals surface area contributed by atoms with E-state index in [4.69, 9.17) is 9.47 Å². The smallest absolute Gasteiger partial charge is 0.254 e. The van der Waals surface area contributed by atoms with Crippen molar-refractivity contribution < 1.29 is 14.3 Å². The third-order valence-corrected chi connectivity index (χ3v) is 4.43. The molecule has 1 heterocycles. The van der Waals surface area contributed by atoms with Crippen molar-refractivity contribution in [1.29, 1.82) is 0 Å². The highest BCUT2D eigenvalue weighted by atomic mass is 16.5. The number of piperidine rings is 1. The Kier molecular flexibility index (Phi) is 6.31. The molecule has 0 saturated carbocycles. The van der Waals surface area contributed by atoms with Crippen LogP contribution in [0.25, 0.3) is 0 Å². The Morgan fingerprint density at radius 2 is 2.09 bits per heavy atom. The van der Waals surface area contributed by atoms with Crippen LogP contribution in [0, 0.1) is 5.92 Å². The van der Waals surface area contributed by atoms with Crippen LogP contribution in [0.15, 0.2) is 18.2 Å². The van der Waals surface area contributed by atoms with Gasteiger partial charge in [-0.2, -0.15) is 0 Å². The lowest BCUT2D eigenvalue weighted by molar-refractivity contribution is 0.0635. The third-order valence-electron chi connectivity index (χ3n) is 4.43. The van der Waals surface area contributed by atoms with Gasteiger partial charge in [-0.05, 0) is 56.7 Å². The molecule has 1 aliphatic rings. The summed E-state index contributed by atoms with van der Waals surface area (Å²) in [5, 5.41) is 0. The Balaban J connectivity index is 2.09. The van der Waals surface area contributed by atoms with E-state index >= 15 is 0 Å². The Hall–Kier alpha value is -1.71. The summed E-state index contributed by atoms with van der Waals surface area (Å²) in [6.45, 7) is 7.96. The van der Waals surface area contributed by atoms with Crippen LogP contribution in [0.3, 0.4) is 0 Å². The van der Waals surface area contributed by atoms with Gasteiger partial charge in [-0.15, -0.1) is 0 Å². The molecule has 1 aromatic rings. The molecule has 0 N–H and O–H groups in total. The molecule has 1 atom stereocenters. The standard InChI is InChI=1S/C19H29NO3/c1-14(2)10-12-23-17-9-8-16(13-18(17)22-4)19(21)20-11-6-5-7-15(20)3/h8-9,13-15H,5-7,10-12H2,1-4H3. The second kappa shape index (κ2) is 8.23. The first-order chi connectivity index (χ1) is 11.0. The van der Waals surface area contributed by atoms with Crippen molar-refractivity contribution in [1.82, 2.24) is 4.90 Å². The van der Waals surface area contributed by atoms with Gasteiger partial charge in [-0.3, -0.25) is 4.79 Å². The Bertz CT molecular complexity index is 527. The quantitative estimate of drug-likeness (QED) is 0.791. The van der Waals surface area contributed by atoms with Crippen LogP contribution in [-0.2, 0) is 0 Å². The topological polar surface area (TPSA) is 38.8 Å². The lowest BCUT2D eigenvalue weighted by Crippen LogP contribution is -2.42. The summed E-state index contributed by atoms with van der Waals surface area (Å²) < 4.78 is 11.2. The molecule has 1 aliphatic heterocycles. The van der Waals surface area contributed by atoms with Crippen molar-refractivity contribution in [2.24, 2.45) is 5.92 Å². The normalized spacial score (nSPS) is 18.1. The van der Waals surface area contributed by atoms with E-state index in [9.17, 15) is 4.79 Å². The number of carbonyl (C=O) groups excluding carboxylic acids is 1. The molecule has 4 heteroatoms. The largest absolute Gasteiger partial charge is 0.493 e. The molecule has 2 rings (SSSR count). The van der Waals surface area contributed by atoms with Crippen molar-refractivity contribution in [3.05, 3.63) is 23.8 Å². The molecule has 128 valence electrons. The van der Waals surface area contributed by atoms with Crippen LogP contribution in [0.1, 0.15) is 56.8 Å². The van der Waals surface area contributed by atoms with E-state index in [1.165, 1.54) is 6.42 Å². The fourth-order valence-corrected chi connectivity index (χ4v) is 2.89. The average Bonchev–Trinajstić information content (AvgIpc) is 2.54. The molecule has 0 radical (unpaired) electrons. The first kappa shape index (κ1) is 17.6. The zero-order valence-corrected chi connectivity index (χ0v) is 14.8. The van der Waals surface area contributed by atoms with Crippen LogP contribution in [0.4, 0.5) is 0 Å². The number of methoxy groups -OCH3 is 1. The second-order valence-electron chi connectivity index (χ2n) is 6.74. The van der Waals surface area contributed by atoms with Crippen LogP contribution in [0.5, 0.6) is 11.5 Å². The van der Waals surface area contributed by atoms with Crippen LogP contribution < -0.4 is 9.47 Å². The fraction of sp³-hybridized carbons (Fsp3) is 0.632. The van der Waals surface area contributed by atoms with Gasteiger partial charge >= 0.3 is 0 Å². The van der Waals surface area contributed by atoms with Gasteiger partial charge in [0.2, 0.25) is 0 Å². The number of rotatable bonds is 6. The summed E-state index contributed by atoms with van der Waals surface area (Å²) in [4.78, 5) is 14.7. The summed E-state index contributed by atoms with van der Waals surface area (Å²) in [5.74, 6) is 2.02. The molecule has 1 unspecified atom stereocenters. The molecular formula is C19H29NO3. The van der Waals surface area contributed by atoms with Gasteiger partial charge in [-0.25, -0.2) is 0 Å². The van der Waals surface area contributed by atoms with Crippen LogP contribution in [0.2, 0.25) is 0 Å². The van der Waals surface area contributed by atoms with E-state index in [2.05, 4.69) is 20.8 Å². The Morgan fingerprint density at radius 3 is 2.74 bits per heavy atom. The van der Waals surface area contributed by atoms with E-state index < -0.39 is 0 Å². The monoisotopic (exact) mass is 319 g/mol. The molecule has 0 spiro atoms. The zero-order chi connectivity index (χ0) is 16.8. The molecule has 23 heavy (non-hydrogen) atoms. The van der Waals surface area contributed by atoms with Gasteiger partial charge in [-0.1, -0.05) is 13.8 Å². The van der Waals surface area contributed by atoms with E-state index in [-0.39, 0.29) is 5.91 Å². The predicted molar refractivity (Wildman–Crippen MR) is 92.3 cm³/mol. The number of hydrogen-bond acceptors (Lipinski definition) is 3. The highest BCUT2D eigenvalue weighted by Gasteiger charge is 2.24. The Labute approximate surface area is 139 Å². The molecule has 4 nitrogen and oxygen atoms in total. The van der Waals surface area contributed by atoms with Crippen molar-refractivity contribution in [2.75, 3.05) is 20.3 Å². The van der Waals surface area contributed by atoms with Crippen molar-refractivity contribution in [3.63, 3.8) is 0 Å². The van der Waals surface area contributed by atoms with E-state index in [0.29, 0.717) is 35.6 Å². The molecule has 1 fully saturated rings. The number of likely N-dealkylation sites (tertiary alicyclic amines) is 1. The number of hydrogen-bond donors (Lipinski definition) is 0. The van der Waals surface area contributed by atoms with Crippen molar-refractivity contribution >= 4 is 5.91 Å². The van der Waals surface area contributed by atoms with Crippen molar-refractivity contribution in [2.45, 2.75) is 52.5 Å². The molecule has 0 aliphatic carbocycles. The van der Waals surface area contributed by atoms with Crippen LogP contribution in [-0.4, -0.2) is 37.1 Å². The lowest BCUT2D eigenvalue weighted by atomic mass is 10.0. The fourth-order valence-electron chi connectivity index (χ4n) is 2.89. The number of carbonyl (C=O) groups is 1. The molecular weight excluding hydrogens is 290 g/mol. The minimum Gasteiger partial charge on any atom is -0.493 e. The number of ether oxygens (including phenoxy) is 2. The molecule has 1 saturated heterocycles. The highest BCUT2D eigenvalue weighted by Crippen LogP contribution is 2.30. The second-order valence-corrected chi connectivity index (χ2v) is 6.74. The first-order valence-electron chi connectivity index (χ1n) is 8.64. The summed E-state index contributed by atoms with van der Waals surface area (Å²) in [7, 11) is 1.61. The van der Waals surface area contributed by atoms with E-state index in [0.717, 1.165) is 25.8 Å². The Morgan fingerprint density at radius 1 is 1.30 bits per heavy atom. The summed E-state index contributed by atoms with van der Waals surface area (Å²) in [5.41, 5.74) is 0.673. The third kappa shape index (κ3) is 4.63. The van der Waals surface area contributed by atoms with Crippen molar-refractivity contribution in [3.8, 4) is 11.5 Å². The predicted octanol–water partition coefficient (Wildman–Crippen LogP) is 4.13. The minimum atomic E-state index is 0.0873. The maximum Gasteiger partial charge on any atom is 0.254 e. The van der Waals surface area contributed by atoms with Gasteiger partial charge in [0.1, 0.15) is 0 Å². The summed E-state index contributed by atoms with van der Waals surface area (Å²) in [6, 6.07) is 5.80. The maximum atomic E-state index is 12.7.